The first kappa shape index (κ1) is 20.4. The van der Waals surface area contributed by atoms with Crippen LogP contribution in [0.4, 0.5) is 17.2 Å². The van der Waals surface area contributed by atoms with Crippen LogP contribution >= 0.6 is 0 Å². The van der Waals surface area contributed by atoms with Gasteiger partial charge < -0.3 is 26.5 Å². The maximum atomic E-state index is 8.93. The molecule has 152 valence electrons. The lowest BCUT2D eigenvalue weighted by Gasteiger charge is -2.19. The van der Waals surface area contributed by atoms with Crippen molar-refractivity contribution in [2.24, 2.45) is 10.9 Å². The predicted molar refractivity (Wildman–Crippen MR) is 120 cm³/mol. The van der Waals surface area contributed by atoms with Crippen molar-refractivity contribution in [2.45, 2.75) is 13.8 Å². The summed E-state index contributed by atoms with van der Waals surface area (Å²) in [4.78, 5) is 7.11. The van der Waals surface area contributed by atoms with E-state index in [2.05, 4.69) is 34.5 Å². The summed E-state index contributed by atoms with van der Waals surface area (Å²) >= 11 is 0. The first-order chi connectivity index (χ1) is 14.1. The number of rotatable bonds is 9. The summed E-state index contributed by atoms with van der Waals surface area (Å²) in [6.45, 7) is 8.20. The number of hydrogen-bond donors (Lipinski definition) is 4. The van der Waals surface area contributed by atoms with Gasteiger partial charge in [-0.15, -0.1) is 0 Å². The van der Waals surface area contributed by atoms with E-state index >= 15 is 0 Å². The van der Waals surface area contributed by atoms with Crippen molar-refractivity contribution in [3.05, 3.63) is 60.2 Å². The van der Waals surface area contributed by atoms with Crippen molar-refractivity contribution in [1.82, 2.24) is 9.88 Å². The van der Waals surface area contributed by atoms with Crippen LogP contribution in [-0.4, -0.2) is 47.1 Å². The number of likely N-dealkylation sites (N-methyl/N-ethyl adjacent to an activating group) is 1. The number of anilines is 3. The molecule has 2 aromatic carbocycles. The van der Waals surface area contributed by atoms with Crippen molar-refractivity contribution >= 4 is 33.9 Å². The molecule has 0 amide bonds. The largest absolute Gasteiger partial charge is 0.409 e. The van der Waals surface area contributed by atoms with Crippen LogP contribution in [0.15, 0.2) is 59.8 Å². The van der Waals surface area contributed by atoms with Crippen molar-refractivity contribution < 1.29 is 5.21 Å². The average molecular weight is 393 g/mol. The van der Waals surface area contributed by atoms with Gasteiger partial charge in [-0.3, -0.25) is 0 Å². The van der Waals surface area contributed by atoms with Crippen LogP contribution in [0.25, 0.3) is 10.9 Å². The van der Waals surface area contributed by atoms with E-state index in [1.54, 1.807) is 6.07 Å². The second kappa shape index (κ2) is 9.75. The fourth-order valence-electron chi connectivity index (χ4n) is 3.22. The van der Waals surface area contributed by atoms with Crippen molar-refractivity contribution in [1.29, 1.82) is 0 Å². The summed E-state index contributed by atoms with van der Waals surface area (Å²) in [5.74, 6) is 0.901. The van der Waals surface area contributed by atoms with E-state index in [1.165, 1.54) is 0 Å². The molecule has 7 nitrogen and oxygen atoms in total. The zero-order valence-corrected chi connectivity index (χ0v) is 16.9. The molecule has 0 aliphatic rings. The molecule has 0 aliphatic heterocycles. The minimum absolute atomic E-state index is 0.0759. The number of nitrogens with one attached hydrogen (secondary N) is 2. The Kier molecular flexibility index (Phi) is 6.86. The number of amidine groups is 1. The van der Waals surface area contributed by atoms with Gasteiger partial charge in [0.25, 0.3) is 0 Å². The van der Waals surface area contributed by atoms with Gasteiger partial charge in [0.15, 0.2) is 5.84 Å². The number of para-hydroxylation sites is 1. The third-order valence-corrected chi connectivity index (χ3v) is 4.89. The van der Waals surface area contributed by atoms with Crippen molar-refractivity contribution in [3.63, 3.8) is 0 Å². The maximum absolute atomic E-state index is 8.93. The molecule has 3 aromatic rings. The molecule has 0 bridgehead atoms. The van der Waals surface area contributed by atoms with E-state index in [4.69, 9.17) is 15.9 Å². The van der Waals surface area contributed by atoms with Crippen LogP contribution in [0, 0.1) is 0 Å². The summed E-state index contributed by atoms with van der Waals surface area (Å²) in [6, 6.07) is 17.5. The van der Waals surface area contributed by atoms with Gasteiger partial charge in [-0.2, -0.15) is 0 Å². The van der Waals surface area contributed by atoms with Gasteiger partial charge in [0.2, 0.25) is 0 Å². The molecular weight excluding hydrogens is 364 g/mol. The maximum Gasteiger partial charge on any atom is 0.170 e. The lowest BCUT2D eigenvalue weighted by atomic mass is 10.1. The second-order valence-electron chi connectivity index (χ2n) is 6.72. The van der Waals surface area contributed by atoms with E-state index < -0.39 is 0 Å². The average Bonchev–Trinajstić information content (AvgIpc) is 2.76. The van der Waals surface area contributed by atoms with E-state index in [1.807, 2.05) is 48.5 Å². The Morgan fingerprint density at radius 3 is 2.66 bits per heavy atom. The highest BCUT2D eigenvalue weighted by atomic mass is 16.4. The molecule has 0 saturated carbocycles. The van der Waals surface area contributed by atoms with Gasteiger partial charge in [0.1, 0.15) is 5.82 Å². The summed E-state index contributed by atoms with van der Waals surface area (Å²) < 4.78 is 0. The Labute approximate surface area is 171 Å². The number of nitrogens with two attached hydrogens (primary N) is 1. The molecule has 0 radical (unpaired) electrons. The van der Waals surface area contributed by atoms with Crippen LogP contribution in [0.5, 0.6) is 0 Å². The van der Waals surface area contributed by atoms with Gasteiger partial charge in [0.05, 0.1) is 11.2 Å². The van der Waals surface area contributed by atoms with Gasteiger partial charge in [-0.1, -0.05) is 49.3 Å². The summed E-state index contributed by atoms with van der Waals surface area (Å²) in [6.07, 6.45) is 0. The zero-order chi connectivity index (χ0) is 20.6. The zero-order valence-electron chi connectivity index (χ0n) is 16.9. The Bertz CT molecular complexity index is 984. The molecule has 29 heavy (non-hydrogen) atoms. The minimum atomic E-state index is 0.0759. The number of benzene rings is 2. The Hall–Kier alpha value is -3.32. The summed E-state index contributed by atoms with van der Waals surface area (Å²) in [5, 5.41) is 19.9. The van der Waals surface area contributed by atoms with Gasteiger partial charge >= 0.3 is 0 Å². The monoisotopic (exact) mass is 392 g/mol. The molecule has 0 unspecified atom stereocenters. The SMILES string of the molecule is CCN(CC)CCNc1cc(Nc2cccc(C(N)=NO)c2)c2ccccc2n1. The first-order valence-corrected chi connectivity index (χ1v) is 9.85. The molecular formula is C22H28N6O. The third kappa shape index (κ3) is 5.14. The Morgan fingerprint density at radius 1 is 1.10 bits per heavy atom. The van der Waals surface area contributed by atoms with Crippen LogP contribution < -0.4 is 16.4 Å². The number of fused-ring (bicyclic) bond motifs is 1. The number of hydrogen-bond acceptors (Lipinski definition) is 6. The molecule has 5 N–H and O–H groups in total. The highest BCUT2D eigenvalue weighted by Crippen LogP contribution is 2.28. The molecule has 0 spiro atoms. The molecule has 3 rings (SSSR count). The molecule has 0 fully saturated rings. The Morgan fingerprint density at radius 2 is 1.90 bits per heavy atom. The molecule has 1 heterocycles. The highest BCUT2D eigenvalue weighted by molar-refractivity contribution is 5.99. The fraction of sp³-hybridized carbons (Fsp3) is 0.273. The van der Waals surface area contributed by atoms with E-state index in [-0.39, 0.29) is 5.84 Å². The van der Waals surface area contributed by atoms with E-state index in [0.717, 1.165) is 54.3 Å². The van der Waals surface area contributed by atoms with Crippen molar-refractivity contribution in [2.75, 3.05) is 36.8 Å². The number of aromatic nitrogens is 1. The van der Waals surface area contributed by atoms with Crippen LogP contribution in [0.1, 0.15) is 19.4 Å². The molecule has 7 heteroatoms. The fourth-order valence-corrected chi connectivity index (χ4v) is 3.22. The summed E-state index contributed by atoms with van der Waals surface area (Å²) in [5.41, 5.74) is 9.07. The van der Waals surface area contributed by atoms with Crippen LogP contribution in [-0.2, 0) is 0 Å². The van der Waals surface area contributed by atoms with E-state index in [0.29, 0.717) is 5.56 Å². The molecule has 0 aliphatic carbocycles. The number of nitrogens with zero attached hydrogens (tertiary/aromatic N) is 3. The third-order valence-electron chi connectivity index (χ3n) is 4.89. The van der Waals surface area contributed by atoms with Gasteiger partial charge in [-0.05, 0) is 31.3 Å². The van der Waals surface area contributed by atoms with Gasteiger partial charge in [0, 0.05) is 35.8 Å². The standard InChI is InChI=1S/C22H28N6O/c1-3-28(4-2)13-12-24-21-15-20(18-10-5-6-11-19(18)26-21)25-17-9-7-8-16(14-17)22(23)27-29/h5-11,14-15,29H,3-4,12-13H2,1-2H3,(H2,23,27)(H2,24,25,26). The van der Waals surface area contributed by atoms with Crippen molar-refractivity contribution in [3.8, 4) is 0 Å². The topological polar surface area (TPSA) is 98.8 Å². The summed E-state index contributed by atoms with van der Waals surface area (Å²) in [7, 11) is 0. The minimum Gasteiger partial charge on any atom is -0.409 e. The smallest absolute Gasteiger partial charge is 0.170 e. The molecule has 1 aromatic heterocycles. The lowest BCUT2D eigenvalue weighted by Crippen LogP contribution is -2.28. The molecule has 0 saturated heterocycles. The quantitative estimate of drug-likeness (QED) is 0.191. The second-order valence-corrected chi connectivity index (χ2v) is 6.72. The van der Waals surface area contributed by atoms with E-state index in [9.17, 15) is 0 Å². The Balaban J connectivity index is 1.86. The first-order valence-electron chi connectivity index (χ1n) is 9.85. The molecule has 0 atom stereocenters. The van der Waals surface area contributed by atoms with Gasteiger partial charge in [-0.25, -0.2) is 4.98 Å². The van der Waals surface area contributed by atoms with Crippen LogP contribution in [0.2, 0.25) is 0 Å². The predicted octanol–water partition coefficient (Wildman–Crippen LogP) is 3.83. The normalized spacial score (nSPS) is 11.8. The number of pyridine rings is 1. The van der Waals surface area contributed by atoms with Crippen LogP contribution in [0.3, 0.4) is 0 Å². The highest BCUT2D eigenvalue weighted by Gasteiger charge is 2.08. The lowest BCUT2D eigenvalue weighted by molar-refractivity contribution is 0.316. The number of oxime groups is 1.